The number of carbonyl (C=O) groups excluding carboxylic acids is 1. The van der Waals surface area contributed by atoms with E-state index in [0.717, 1.165) is 13.0 Å². The van der Waals surface area contributed by atoms with E-state index >= 15 is 0 Å². The molecule has 0 aromatic rings. The summed E-state index contributed by atoms with van der Waals surface area (Å²) in [6.45, 7) is 8.00. The topological polar surface area (TPSA) is 61.8 Å². The lowest BCUT2D eigenvalue weighted by atomic mass is 10.0. The minimum atomic E-state index is -0.457. The molecule has 1 fully saturated rings. The number of aliphatic hydroxyl groups excluding tert-OH is 1. The second-order valence-corrected chi connectivity index (χ2v) is 5.79. The van der Waals surface area contributed by atoms with Crippen molar-refractivity contribution in [3.05, 3.63) is 0 Å². The Balaban J connectivity index is 2.33. The minimum Gasteiger partial charge on any atom is -0.444 e. The number of nitrogens with zero attached hydrogens (tertiary/aromatic N) is 1. The summed E-state index contributed by atoms with van der Waals surface area (Å²) < 4.78 is 5.21. The van der Waals surface area contributed by atoms with Gasteiger partial charge in [-0.3, -0.25) is 4.90 Å². The first kappa shape index (κ1) is 15.2. The van der Waals surface area contributed by atoms with Crippen LogP contribution in [0.5, 0.6) is 0 Å². The SMILES string of the molecule is CC(C)(C)OC(=O)NC[C@@H]1CCCCN1CCO. The average molecular weight is 258 g/mol. The van der Waals surface area contributed by atoms with Crippen molar-refractivity contribution in [2.75, 3.05) is 26.2 Å². The van der Waals surface area contributed by atoms with Crippen LogP contribution >= 0.6 is 0 Å². The van der Waals surface area contributed by atoms with Gasteiger partial charge in [0.15, 0.2) is 0 Å². The summed E-state index contributed by atoms with van der Waals surface area (Å²) in [5.74, 6) is 0. The highest BCUT2D eigenvalue weighted by Crippen LogP contribution is 2.16. The van der Waals surface area contributed by atoms with Gasteiger partial charge in [0.1, 0.15) is 5.60 Å². The van der Waals surface area contributed by atoms with Gasteiger partial charge in [0.05, 0.1) is 6.61 Å². The van der Waals surface area contributed by atoms with E-state index in [9.17, 15) is 4.79 Å². The molecule has 0 unspecified atom stereocenters. The van der Waals surface area contributed by atoms with Crippen LogP contribution in [0.3, 0.4) is 0 Å². The first-order valence-electron chi connectivity index (χ1n) is 6.74. The zero-order valence-corrected chi connectivity index (χ0v) is 11.7. The van der Waals surface area contributed by atoms with E-state index in [1.165, 1.54) is 12.8 Å². The van der Waals surface area contributed by atoms with Crippen LogP contribution in [-0.4, -0.2) is 54.0 Å². The third kappa shape index (κ3) is 5.69. The molecule has 0 saturated carbocycles. The maximum atomic E-state index is 11.6. The van der Waals surface area contributed by atoms with Gasteiger partial charge in [-0.15, -0.1) is 0 Å². The number of nitrogens with one attached hydrogen (secondary N) is 1. The second-order valence-electron chi connectivity index (χ2n) is 5.79. The van der Waals surface area contributed by atoms with Crippen molar-refractivity contribution in [3.8, 4) is 0 Å². The highest BCUT2D eigenvalue weighted by molar-refractivity contribution is 5.67. The van der Waals surface area contributed by atoms with Gasteiger partial charge in [-0.2, -0.15) is 0 Å². The summed E-state index contributed by atoms with van der Waals surface area (Å²) in [6, 6.07) is 0.318. The van der Waals surface area contributed by atoms with E-state index in [4.69, 9.17) is 9.84 Å². The third-order valence-electron chi connectivity index (χ3n) is 3.02. The number of aliphatic hydroxyl groups is 1. The number of carbonyl (C=O) groups is 1. The number of β-amino-alcohol motifs (C(OH)–C–C–N with tert-alkyl or cyclic N) is 1. The Morgan fingerprint density at radius 2 is 2.17 bits per heavy atom. The number of hydrogen-bond donors (Lipinski definition) is 2. The largest absolute Gasteiger partial charge is 0.444 e. The fraction of sp³-hybridized carbons (Fsp3) is 0.923. The molecule has 2 N–H and O–H groups in total. The van der Waals surface area contributed by atoms with Crippen LogP contribution in [-0.2, 0) is 4.74 Å². The molecule has 106 valence electrons. The van der Waals surface area contributed by atoms with E-state index in [2.05, 4.69) is 10.2 Å². The summed E-state index contributed by atoms with van der Waals surface area (Å²) in [6.07, 6.45) is 3.05. The molecule has 1 atom stereocenters. The highest BCUT2D eigenvalue weighted by Gasteiger charge is 2.23. The van der Waals surface area contributed by atoms with E-state index < -0.39 is 5.60 Å². The molecule has 1 aliphatic rings. The van der Waals surface area contributed by atoms with Crippen molar-refractivity contribution >= 4 is 6.09 Å². The molecule has 18 heavy (non-hydrogen) atoms. The summed E-state index contributed by atoms with van der Waals surface area (Å²) in [5.41, 5.74) is -0.457. The molecule has 0 bridgehead atoms. The third-order valence-corrected chi connectivity index (χ3v) is 3.02. The average Bonchev–Trinajstić information content (AvgIpc) is 2.26. The van der Waals surface area contributed by atoms with Gasteiger partial charge < -0.3 is 15.2 Å². The second kappa shape index (κ2) is 6.95. The van der Waals surface area contributed by atoms with Gasteiger partial charge in [-0.25, -0.2) is 4.79 Å². The Hall–Kier alpha value is -0.810. The van der Waals surface area contributed by atoms with Crippen LogP contribution in [0.25, 0.3) is 0 Å². The van der Waals surface area contributed by atoms with Crippen molar-refractivity contribution in [3.63, 3.8) is 0 Å². The Morgan fingerprint density at radius 3 is 2.78 bits per heavy atom. The molecule has 1 heterocycles. The molecule has 1 amide bonds. The Kier molecular flexibility index (Phi) is 5.88. The Morgan fingerprint density at radius 1 is 1.44 bits per heavy atom. The zero-order valence-electron chi connectivity index (χ0n) is 11.7. The summed E-state index contributed by atoms with van der Waals surface area (Å²) in [4.78, 5) is 13.8. The minimum absolute atomic E-state index is 0.170. The smallest absolute Gasteiger partial charge is 0.407 e. The predicted octanol–water partition coefficient (Wildman–Crippen LogP) is 1.36. The number of amides is 1. The van der Waals surface area contributed by atoms with Gasteiger partial charge in [-0.1, -0.05) is 6.42 Å². The van der Waals surface area contributed by atoms with Crippen molar-refractivity contribution in [2.45, 2.75) is 51.7 Å². The van der Waals surface area contributed by atoms with E-state index in [0.29, 0.717) is 19.1 Å². The Bertz CT molecular complexity index is 261. The molecule has 5 nitrogen and oxygen atoms in total. The molecule has 0 aromatic carbocycles. The van der Waals surface area contributed by atoms with Gasteiger partial charge in [-0.05, 0) is 40.2 Å². The van der Waals surface area contributed by atoms with Gasteiger partial charge in [0, 0.05) is 19.1 Å². The highest BCUT2D eigenvalue weighted by atomic mass is 16.6. The van der Waals surface area contributed by atoms with E-state index in [-0.39, 0.29) is 12.7 Å². The zero-order chi connectivity index (χ0) is 13.6. The van der Waals surface area contributed by atoms with Crippen LogP contribution < -0.4 is 5.32 Å². The summed E-state index contributed by atoms with van der Waals surface area (Å²) in [7, 11) is 0. The van der Waals surface area contributed by atoms with Crippen LogP contribution in [0.15, 0.2) is 0 Å². The van der Waals surface area contributed by atoms with E-state index in [1.54, 1.807) is 0 Å². The lowest BCUT2D eigenvalue weighted by Gasteiger charge is -2.35. The molecule has 5 heteroatoms. The van der Waals surface area contributed by atoms with Crippen molar-refractivity contribution < 1.29 is 14.6 Å². The number of likely N-dealkylation sites (tertiary alicyclic amines) is 1. The Labute approximate surface area is 109 Å². The van der Waals surface area contributed by atoms with Crippen LogP contribution in [0.2, 0.25) is 0 Å². The molecule has 0 radical (unpaired) electrons. The first-order chi connectivity index (χ1) is 8.42. The first-order valence-corrected chi connectivity index (χ1v) is 6.74. The molecule has 0 aliphatic carbocycles. The molecule has 0 aromatic heterocycles. The monoisotopic (exact) mass is 258 g/mol. The number of rotatable bonds is 4. The lowest BCUT2D eigenvalue weighted by Crippen LogP contribution is -2.48. The lowest BCUT2D eigenvalue weighted by molar-refractivity contribution is 0.0488. The predicted molar refractivity (Wildman–Crippen MR) is 70.5 cm³/mol. The van der Waals surface area contributed by atoms with Crippen LogP contribution in [0.1, 0.15) is 40.0 Å². The molecule has 0 spiro atoms. The number of hydrogen-bond acceptors (Lipinski definition) is 4. The number of alkyl carbamates (subject to hydrolysis) is 1. The van der Waals surface area contributed by atoms with Crippen molar-refractivity contribution in [2.24, 2.45) is 0 Å². The molecular weight excluding hydrogens is 232 g/mol. The standard InChI is InChI=1S/C13H26N2O3/c1-13(2,3)18-12(17)14-10-11-6-4-5-7-15(11)8-9-16/h11,16H,4-10H2,1-3H3,(H,14,17)/t11-/m0/s1. The number of piperidine rings is 1. The normalized spacial score (nSPS) is 21.7. The number of ether oxygens (including phenoxy) is 1. The summed E-state index contributed by atoms with van der Waals surface area (Å²) >= 11 is 0. The maximum Gasteiger partial charge on any atom is 0.407 e. The fourth-order valence-electron chi connectivity index (χ4n) is 2.23. The van der Waals surface area contributed by atoms with Crippen molar-refractivity contribution in [1.29, 1.82) is 0 Å². The molecule has 1 aliphatic heterocycles. The summed E-state index contributed by atoms with van der Waals surface area (Å²) in [5, 5.41) is 11.8. The van der Waals surface area contributed by atoms with Crippen molar-refractivity contribution in [1.82, 2.24) is 10.2 Å². The molecule has 1 rings (SSSR count). The van der Waals surface area contributed by atoms with Gasteiger partial charge in [0.25, 0.3) is 0 Å². The van der Waals surface area contributed by atoms with E-state index in [1.807, 2.05) is 20.8 Å². The molecular formula is C13H26N2O3. The van der Waals surface area contributed by atoms with Crippen LogP contribution in [0, 0.1) is 0 Å². The van der Waals surface area contributed by atoms with Crippen LogP contribution in [0.4, 0.5) is 4.79 Å². The van der Waals surface area contributed by atoms with Gasteiger partial charge in [0.2, 0.25) is 0 Å². The quantitative estimate of drug-likeness (QED) is 0.799. The van der Waals surface area contributed by atoms with Gasteiger partial charge >= 0.3 is 6.09 Å². The fourth-order valence-corrected chi connectivity index (χ4v) is 2.23. The molecule has 1 saturated heterocycles. The maximum absolute atomic E-state index is 11.6.